The largest absolute Gasteiger partial charge is 0.483 e. The summed E-state index contributed by atoms with van der Waals surface area (Å²) in [5.74, 6) is 0.912. The second kappa shape index (κ2) is 12.9. The van der Waals surface area contributed by atoms with Crippen LogP contribution in [0.4, 0.5) is 0 Å². The van der Waals surface area contributed by atoms with Crippen LogP contribution in [0.3, 0.4) is 0 Å². The predicted octanol–water partition coefficient (Wildman–Crippen LogP) is 3.42. The normalized spacial score (nSPS) is 20.3. The first kappa shape index (κ1) is 26.2. The van der Waals surface area contributed by atoms with E-state index in [1.807, 2.05) is 30.3 Å². The Labute approximate surface area is 195 Å². The van der Waals surface area contributed by atoms with Gasteiger partial charge in [-0.05, 0) is 60.7 Å². The highest BCUT2D eigenvalue weighted by atomic mass is 16.5. The van der Waals surface area contributed by atoms with E-state index in [2.05, 4.69) is 43.2 Å². The first-order valence-corrected chi connectivity index (χ1v) is 11.1. The number of hydrogen-bond acceptors (Lipinski definition) is 5. The molecule has 1 aliphatic carbocycles. The number of ether oxygens (including phenoxy) is 1. The number of benzene rings is 2. The van der Waals surface area contributed by atoms with Crippen molar-refractivity contribution in [2.75, 3.05) is 33.9 Å². The van der Waals surface area contributed by atoms with Gasteiger partial charge in [0.05, 0.1) is 13.2 Å². The van der Waals surface area contributed by atoms with Crippen molar-refractivity contribution in [2.24, 2.45) is 5.92 Å². The van der Waals surface area contributed by atoms with Gasteiger partial charge in [0.1, 0.15) is 6.29 Å². The molecule has 1 aliphatic heterocycles. The molecule has 33 heavy (non-hydrogen) atoms. The molecule has 7 nitrogen and oxygen atoms in total. The molecule has 1 amide bonds. The third-order valence-electron chi connectivity index (χ3n) is 6.22. The van der Waals surface area contributed by atoms with Crippen LogP contribution in [0.1, 0.15) is 47.7 Å². The molecule has 0 aromatic heterocycles. The molecule has 2 aliphatic rings. The number of carboxylic acid groups (broad SMARTS) is 1. The SMILES string of the molecule is CC1c2ccccc2-c2cc(C(=O)NCC=O)ccc21.COCC1CC(C)N(C)C1.O=CO. The average Bonchev–Trinajstić information content (AvgIpc) is 3.29. The van der Waals surface area contributed by atoms with Crippen molar-refractivity contribution >= 4 is 18.7 Å². The van der Waals surface area contributed by atoms with E-state index in [0.717, 1.165) is 24.1 Å². The molecule has 0 saturated carbocycles. The van der Waals surface area contributed by atoms with Gasteiger partial charge in [-0.1, -0.05) is 37.3 Å². The van der Waals surface area contributed by atoms with Gasteiger partial charge in [0.15, 0.2) is 0 Å². The first-order chi connectivity index (χ1) is 15.9. The Balaban J connectivity index is 0.000000249. The highest BCUT2D eigenvalue weighted by Crippen LogP contribution is 2.44. The quantitative estimate of drug-likeness (QED) is 0.672. The Morgan fingerprint density at radius 1 is 1.15 bits per heavy atom. The van der Waals surface area contributed by atoms with E-state index in [-0.39, 0.29) is 18.9 Å². The lowest BCUT2D eigenvalue weighted by atomic mass is 9.98. The van der Waals surface area contributed by atoms with Crippen LogP contribution in [0.15, 0.2) is 42.5 Å². The minimum atomic E-state index is -0.250. The molecule has 7 heteroatoms. The average molecular weight is 455 g/mol. The Bertz CT molecular complexity index is 936. The van der Waals surface area contributed by atoms with Crippen LogP contribution in [0, 0.1) is 5.92 Å². The molecule has 0 spiro atoms. The van der Waals surface area contributed by atoms with Crippen molar-refractivity contribution in [2.45, 2.75) is 32.2 Å². The topological polar surface area (TPSA) is 95.9 Å². The van der Waals surface area contributed by atoms with Crippen LogP contribution in [0.25, 0.3) is 11.1 Å². The molecule has 0 bridgehead atoms. The number of nitrogens with zero attached hydrogens (tertiary/aromatic N) is 1. The van der Waals surface area contributed by atoms with Gasteiger partial charge in [-0.3, -0.25) is 9.59 Å². The van der Waals surface area contributed by atoms with Crippen molar-refractivity contribution in [1.29, 1.82) is 0 Å². The van der Waals surface area contributed by atoms with E-state index >= 15 is 0 Å². The Morgan fingerprint density at radius 3 is 2.42 bits per heavy atom. The number of carbonyl (C=O) groups excluding carboxylic acids is 2. The number of aldehydes is 1. The summed E-state index contributed by atoms with van der Waals surface area (Å²) in [6, 6.07) is 14.8. The number of fused-ring (bicyclic) bond motifs is 3. The van der Waals surface area contributed by atoms with E-state index in [0.29, 0.717) is 17.8 Å². The van der Waals surface area contributed by atoms with Gasteiger partial charge < -0.3 is 24.9 Å². The molecule has 1 heterocycles. The fourth-order valence-electron chi connectivity index (χ4n) is 4.51. The molecule has 1 saturated heterocycles. The van der Waals surface area contributed by atoms with Crippen molar-refractivity contribution < 1.29 is 24.2 Å². The summed E-state index contributed by atoms with van der Waals surface area (Å²) in [4.78, 5) is 33.0. The van der Waals surface area contributed by atoms with Crippen molar-refractivity contribution in [3.05, 3.63) is 59.2 Å². The Kier molecular flexibility index (Phi) is 10.2. The number of carbonyl (C=O) groups is 3. The number of nitrogens with one attached hydrogen (secondary N) is 1. The second-order valence-corrected chi connectivity index (χ2v) is 8.44. The summed E-state index contributed by atoms with van der Waals surface area (Å²) in [5, 5.41) is 9.46. The lowest BCUT2D eigenvalue weighted by molar-refractivity contribution is -0.122. The van der Waals surface area contributed by atoms with Crippen LogP contribution in [0.2, 0.25) is 0 Å². The van der Waals surface area contributed by atoms with E-state index in [9.17, 15) is 9.59 Å². The van der Waals surface area contributed by atoms with Gasteiger partial charge >= 0.3 is 0 Å². The van der Waals surface area contributed by atoms with Gasteiger partial charge in [-0.25, -0.2) is 0 Å². The number of amides is 1. The molecule has 0 radical (unpaired) electrons. The first-order valence-electron chi connectivity index (χ1n) is 11.1. The molecule has 3 unspecified atom stereocenters. The Morgan fingerprint density at radius 2 is 1.82 bits per heavy atom. The summed E-state index contributed by atoms with van der Waals surface area (Å²) in [6.07, 6.45) is 1.98. The van der Waals surface area contributed by atoms with Gasteiger partial charge in [0.2, 0.25) is 0 Å². The molecule has 4 rings (SSSR count). The standard InChI is InChI=1S/C17H15NO2.C8H17NO.CH2O2/c1-11-13-4-2-3-5-15(13)16-10-12(6-7-14(11)16)17(20)18-8-9-19;1-7-4-8(6-10-3)5-9(7)2;2-1-3/h2-7,9-11H,8H2,1H3,(H,18,20);7-8H,4-6H2,1-3H3;1H,(H,2,3). The molecular formula is C26H34N2O5. The number of rotatable bonds is 5. The molecule has 1 fully saturated rings. The van der Waals surface area contributed by atoms with Crippen LogP contribution < -0.4 is 5.32 Å². The van der Waals surface area contributed by atoms with Crippen molar-refractivity contribution in [3.63, 3.8) is 0 Å². The van der Waals surface area contributed by atoms with Gasteiger partial charge in [0.25, 0.3) is 12.4 Å². The summed E-state index contributed by atoms with van der Waals surface area (Å²) < 4.78 is 5.10. The third-order valence-corrected chi connectivity index (χ3v) is 6.22. The summed E-state index contributed by atoms with van der Waals surface area (Å²) in [5.41, 5.74) is 5.45. The van der Waals surface area contributed by atoms with Gasteiger partial charge in [-0.15, -0.1) is 0 Å². The molecule has 178 valence electrons. The Hall–Kier alpha value is -3.03. The van der Waals surface area contributed by atoms with Crippen molar-refractivity contribution in [1.82, 2.24) is 10.2 Å². The van der Waals surface area contributed by atoms with Crippen LogP contribution >= 0.6 is 0 Å². The lowest BCUT2D eigenvalue weighted by Crippen LogP contribution is -2.25. The summed E-state index contributed by atoms with van der Waals surface area (Å²) in [7, 11) is 3.96. The fraction of sp³-hybridized carbons (Fsp3) is 0.423. The van der Waals surface area contributed by atoms with Gasteiger partial charge in [0, 0.05) is 31.2 Å². The zero-order valence-electron chi connectivity index (χ0n) is 19.8. The number of hydrogen-bond donors (Lipinski definition) is 2. The molecular weight excluding hydrogens is 420 g/mol. The fourth-order valence-corrected chi connectivity index (χ4v) is 4.51. The highest BCUT2D eigenvalue weighted by Gasteiger charge is 2.26. The molecule has 2 aromatic carbocycles. The maximum Gasteiger partial charge on any atom is 0.290 e. The van der Waals surface area contributed by atoms with E-state index < -0.39 is 0 Å². The zero-order valence-corrected chi connectivity index (χ0v) is 19.8. The minimum absolute atomic E-state index is 0.0446. The predicted molar refractivity (Wildman–Crippen MR) is 129 cm³/mol. The van der Waals surface area contributed by atoms with Crippen LogP contribution in [-0.4, -0.2) is 68.6 Å². The zero-order chi connectivity index (χ0) is 24.4. The minimum Gasteiger partial charge on any atom is -0.483 e. The maximum absolute atomic E-state index is 11.9. The summed E-state index contributed by atoms with van der Waals surface area (Å²) in [6.45, 7) is 6.37. The molecule has 2 aromatic rings. The number of methoxy groups -OCH3 is 1. The highest BCUT2D eigenvalue weighted by molar-refractivity contribution is 5.97. The monoisotopic (exact) mass is 454 g/mol. The smallest absolute Gasteiger partial charge is 0.290 e. The van der Waals surface area contributed by atoms with E-state index in [4.69, 9.17) is 14.6 Å². The summed E-state index contributed by atoms with van der Waals surface area (Å²) >= 11 is 0. The van der Waals surface area contributed by atoms with Crippen molar-refractivity contribution in [3.8, 4) is 11.1 Å². The second-order valence-electron chi connectivity index (χ2n) is 8.44. The van der Waals surface area contributed by atoms with Gasteiger partial charge in [-0.2, -0.15) is 0 Å². The molecule has 2 N–H and O–H groups in total. The maximum atomic E-state index is 11.9. The lowest BCUT2D eigenvalue weighted by Gasteiger charge is -2.12. The van der Waals surface area contributed by atoms with E-state index in [1.165, 1.54) is 29.7 Å². The van der Waals surface area contributed by atoms with Crippen LogP contribution in [-0.2, 0) is 14.3 Å². The number of likely N-dealkylation sites (tertiary alicyclic amines) is 1. The molecule has 3 atom stereocenters. The van der Waals surface area contributed by atoms with E-state index in [1.54, 1.807) is 7.11 Å². The van der Waals surface area contributed by atoms with Crippen LogP contribution in [0.5, 0.6) is 0 Å². The third kappa shape index (κ3) is 6.73.